The molecule has 166 valence electrons. The lowest BCUT2D eigenvalue weighted by molar-refractivity contribution is -0.150. The zero-order valence-corrected chi connectivity index (χ0v) is 18.1. The fraction of sp³-hybridized carbons (Fsp3) is 0.524. The molecule has 0 aromatic heterocycles. The van der Waals surface area contributed by atoms with Crippen LogP contribution in [0.5, 0.6) is 0 Å². The molecule has 0 saturated carbocycles. The lowest BCUT2D eigenvalue weighted by atomic mass is 10.1. The molecule has 0 bridgehead atoms. The van der Waals surface area contributed by atoms with Gasteiger partial charge in [0.15, 0.2) is 0 Å². The van der Waals surface area contributed by atoms with Gasteiger partial charge in [-0.25, -0.2) is 9.59 Å². The number of esters is 2. The summed E-state index contributed by atoms with van der Waals surface area (Å²) in [6.07, 6.45) is -0.880. The molecule has 0 saturated heterocycles. The number of carbonyl (C=O) groups is 4. The van der Waals surface area contributed by atoms with Gasteiger partial charge in [-0.05, 0) is 32.8 Å². The molecule has 30 heavy (non-hydrogen) atoms. The largest absolute Gasteiger partial charge is 0.467 e. The fourth-order valence-electron chi connectivity index (χ4n) is 2.37. The van der Waals surface area contributed by atoms with E-state index in [2.05, 4.69) is 10.1 Å². The first-order chi connectivity index (χ1) is 14.0. The Hall–Kier alpha value is -3.10. The van der Waals surface area contributed by atoms with Gasteiger partial charge in [-0.15, -0.1) is 0 Å². The van der Waals surface area contributed by atoms with Crippen LogP contribution in [-0.2, 0) is 35.2 Å². The van der Waals surface area contributed by atoms with Gasteiger partial charge in [0, 0.05) is 13.5 Å². The Bertz CT molecular complexity index is 729. The normalized spacial score (nSPS) is 11.8. The van der Waals surface area contributed by atoms with Crippen molar-refractivity contribution >= 4 is 23.9 Å². The van der Waals surface area contributed by atoms with Crippen LogP contribution in [0.2, 0.25) is 0 Å². The molecule has 0 heterocycles. The van der Waals surface area contributed by atoms with E-state index in [-0.39, 0.29) is 31.9 Å². The molecule has 1 N–H and O–H groups in total. The SMILES string of the molecule is COC(=O)C(CCC(=O)N(C)CC(=O)OCc1ccccc1)NC(=O)OC(C)(C)C. The smallest absolute Gasteiger partial charge is 0.408 e. The molecule has 0 aliphatic rings. The quantitative estimate of drug-likeness (QED) is 0.479. The number of nitrogens with zero attached hydrogens (tertiary/aromatic N) is 1. The van der Waals surface area contributed by atoms with Crippen LogP contribution in [-0.4, -0.2) is 61.2 Å². The Balaban J connectivity index is 2.49. The number of alkyl carbamates (subject to hydrolysis) is 1. The fourth-order valence-corrected chi connectivity index (χ4v) is 2.37. The van der Waals surface area contributed by atoms with Gasteiger partial charge in [-0.3, -0.25) is 9.59 Å². The second-order valence-electron chi connectivity index (χ2n) is 7.66. The summed E-state index contributed by atoms with van der Waals surface area (Å²) in [5.41, 5.74) is 0.106. The third kappa shape index (κ3) is 9.90. The topological polar surface area (TPSA) is 111 Å². The summed E-state index contributed by atoms with van der Waals surface area (Å²) < 4.78 is 14.9. The van der Waals surface area contributed by atoms with Crippen LogP contribution >= 0.6 is 0 Å². The first-order valence-corrected chi connectivity index (χ1v) is 9.52. The highest BCUT2D eigenvalue weighted by Crippen LogP contribution is 2.09. The van der Waals surface area contributed by atoms with E-state index in [1.54, 1.807) is 20.8 Å². The molecule has 1 rings (SSSR count). The first kappa shape index (κ1) is 24.9. The van der Waals surface area contributed by atoms with Crippen molar-refractivity contribution < 1.29 is 33.4 Å². The number of carbonyl (C=O) groups excluding carboxylic acids is 4. The van der Waals surface area contributed by atoms with Crippen LogP contribution in [0.25, 0.3) is 0 Å². The second kappa shape index (κ2) is 11.8. The molecule has 9 heteroatoms. The third-order valence-corrected chi connectivity index (χ3v) is 3.86. The number of rotatable bonds is 9. The summed E-state index contributed by atoms with van der Waals surface area (Å²) in [4.78, 5) is 49.3. The maximum atomic E-state index is 12.3. The maximum absolute atomic E-state index is 12.3. The van der Waals surface area contributed by atoms with Crippen molar-refractivity contribution in [3.63, 3.8) is 0 Å². The molecular formula is C21H30N2O7. The average molecular weight is 422 g/mol. The number of ether oxygens (including phenoxy) is 3. The molecule has 0 aliphatic heterocycles. The van der Waals surface area contributed by atoms with Crippen LogP contribution in [0.1, 0.15) is 39.2 Å². The Morgan fingerprint density at radius 1 is 1.10 bits per heavy atom. The predicted molar refractivity (Wildman–Crippen MR) is 108 cm³/mol. The summed E-state index contributed by atoms with van der Waals surface area (Å²) in [7, 11) is 2.64. The van der Waals surface area contributed by atoms with E-state index >= 15 is 0 Å². The van der Waals surface area contributed by atoms with Crippen molar-refractivity contribution in [3.8, 4) is 0 Å². The molecule has 1 aromatic rings. The predicted octanol–water partition coefficient (Wildman–Crippen LogP) is 2.03. The summed E-state index contributed by atoms with van der Waals surface area (Å²) in [5.74, 6) is -1.63. The Morgan fingerprint density at radius 3 is 2.30 bits per heavy atom. The van der Waals surface area contributed by atoms with Crippen molar-refractivity contribution in [1.82, 2.24) is 10.2 Å². The average Bonchev–Trinajstić information content (AvgIpc) is 2.68. The van der Waals surface area contributed by atoms with Gasteiger partial charge in [-0.1, -0.05) is 30.3 Å². The first-order valence-electron chi connectivity index (χ1n) is 9.52. The van der Waals surface area contributed by atoms with E-state index in [0.717, 1.165) is 5.56 Å². The molecule has 0 spiro atoms. The highest BCUT2D eigenvalue weighted by atomic mass is 16.6. The number of amides is 2. The number of benzene rings is 1. The Kier molecular flexibility index (Phi) is 9.80. The molecular weight excluding hydrogens is 392 g/mol. The minimum Gasteiger partial charge on any atom is -0.467 e. The van der Waals surface area contributed by atoms with Crippen molar-refractivity contribution in [2.24, 2.45) is 0 Å². The third-order valence-electron chi connectivity index (χ3n) is 3.86. The molecule has 1 atom stereocenters. The summed E-state index contributed by atoms with van der Waals surface area (Å²) in [6, 6.07) is 8.13. The number of methoxy groups -OCH3 is 1. The molecule has 1 unspecified atom stereocenters. The standard InChI is InChI=1S/C21H30N2O7/c1-21(2,3)30-20(27)22-16(19(26)28-5)11-12-17(24)23(4)13-18(25)29-14-15-9-7-6-8-10-15/h6-10,16H,11-14H2,1-5H3,(H,22,27). The van der Waals surface area contributed by atoms with Crippen molar-refractivity contribution in [1.29, 1.82) is 0 Å². The van der Waals surface area contributed by atoms with Gasteiger partial charge in [0.1, 0.15) is 24.8 Å². The van der Waals surface area contributed by atoms with E-state index in [0.29, 0.717) is 0 Å². The highest BCUT2D eigenvalue weighted by Gasteiger charge is 2.26. The van der Waals surface area contributed by atoms with Gasteiger partial charge in [0.2, 0.25) is 5.91 Å². The molecule has 0 fully saturated rings. The van der Waals surface area contributed by atoms with E-state index in [1.807, 2.05) is 30.3 Å². The molecule has 9 nitrogen and oxygen atoms in total. The number of hydrogen-bond donors (Lipinski definition) is 1. The van der Waals surface area contributed by atoms with Crippen LogP contribution in [0.3, 0.4) is 0 Å². The van der Waals surface area contributed by atoms with Crippen molar-refractivity contribution in [3.05, 3.63) is 35.9 Å². The monoisotopic (exact) mass is 422 g/mol. The summed E-state index contributed by atoms with van der Waals surface area (Å²) in [5, 5.41) is 2.40. The van der Waals surface area contributed by atoms with Crippen LogP contribution < -0.4 is 5.32 Å². The molecule has 1 aromatic carbocycles. The molecule has 0 aliphatic carbocycles. The lowest BCUT2D eigenvalue weighted by Crippen LogP contribution is -2.44. The number of hydrogen-bond acceptors (Lipinski definition) is 7. The van der Waals surface area contributed by atoms with E-state index < -0.39 is 29.7 Å². The number of nitrogens with one attached hydrogen (secondary N) is 1. The zero-order chi connectivity index (χ0) is 22.7. The lowest BCUT2D eigenvalue weighted by Gasteiger charge is -2.23. The zero-order valence-electron chi connectivity index (χ0n) is 18.1. The molecule has 0 radical (unpaired) electrons. The molecule has 2 amide bonds. The van der Waals surface area contributed by atoms with Gasteiger partial charge in [-0.2, -0.15) is 0 Å². The second-order valence-corrected chi connectivity index (χ2v) is 7.66. The van der Waals surface area contributed by atoms with Gasteiger partial charge in [0.25, 0.3) is 0 Å². The Labute approximate surface area is 176 Å². The summed E-state index contributed by atoms with van der Waals surface area (Å²) >= 11 is 0. The van der Waals surface area contributed by atoms with Crippen LogP contribution in [0, 0.1) is 0 Å². The van der Waals surface area contributed by atoms with Crippen LogP contribution in [0.4, 0.5) is 4.79 Å². The highest BCUT2D eigenvalue weighted by molar-refractivity contribution is 5.84. The van der Waals surface area contributed by atoms with E-state index in [9.17, 15) is 19.2 Å². The summed E-state index contributed by atoms with van der Waals surface area (Å²) in [6.45, 7) is 4.96. The van der Waals surface area contributed by atoms with Crippen molar-refractivity contribution in [2.45, 2.75) is 51.9 Å². The maximum Gasteiger partial charge on any atom is 0.408 e. The van der Waals surface area contributed by atoms with Crippen molar-refractivity contribution in [2.75, 3.05) is 20.7 Å². The van der Waals surface area contributed by atoms with Gasteiger partial charge < -0.3 is 24.4 Å². The van der Waals surface area contributed by atoms with Gasteiger partial charge >= 0.3 is 18.0 Å². The number of likely N-dealkylation sites (N-methyl/N-ethyl adjacent to an activating group) is 1. The van der Waals surface area contributed by atoms with Gasteiger partial charge in [0.05, 0.1) is 7.11 Å². The van der Waals surface area contributed by atoms with Crippen LogP contribution in [0.15, 0.2) is 30.3 Å². The Morgan fingerprint density at radius 2 is 1.73 bits per heavy atom. The van der Waals surface area contributed by atoms with E-state index in [4.69, 9.17) is 9.47 Å². The van der Waals surface area contributed by atoms with E-state index in [1.165, 1.54) is 19.1 Å². The minimum atomic E-state index is -1.05. The minimum absolute atomic E-state index is 0.00580.